The fourth-order valence-electron chi connectivity index (χ4n) is 3.36. The quantitative estimate of drug-likeness (QED) is 0.849. The van der Waals surface area contributed by atoms with Crippen LogP contribution in [-0.2, 0) is 9.59 Å². The normalized spacial score (nSPS) is 21.2. The summed E-state index contributed by atoms with van der Waals surface area (Å²) in [5.41, 5.74) is -0.406. The highest BCUT2D eigenvalue weighted by atomic mass is 19.1. The molecular formula is C17H19F2N3O4. The minimum absolute atomic E-state index is 0.0198. The summed E-state index contributed by atoms with van der Waals surface area (Å²) in [5, 5.41) is 11.7. The molecule has 26 heavy (non-hydrogen) atoms. The number of carboxylic acids is 1. The molecule has 3 amide bonds. The first kappa shape index (κ1) is 18.1. The first-order valence-corrected chi connectivity index (χ1v) is 8.39. The van der Waals surface area contributed by atoms with Crippen molar-refractivity contribution in [3.63, 3.8) is 0 Å². The van der Waals surface area contributed by atoms with Gasteiger partial charge in [-0.3, -0.25) is 9.59 Å². The second kappa shape index (κ2) is 7.27. The smallest absolute Gasteiger partial charge is 0.317 e. The maximum atomic E-state index is 13.9. The van der Waals surface area contributed by atoms with Gasteiger partial charge in [0.25, 0.3) is 0 Å². The summed E-state index contributed by atoms with van der Waals surface area (Å²) in [6.07, 6.45) is 0.697. The third-order valence-corrected chi connectivity index (χ3v) is 4.79. The summed E-state index contributed by atoms with van der Waals surface area (Å²) >= 11 is 0. The fourth-order valence-corrected chi connectivity index (χ4v) is 3.36. The van der Waals surface area contributed by atoms with E-state index in [9.17, 15) is 23.2 Å². The Morgan fingerprint density at radius 1 is 1.15 bits per heavy atom. The molecule has 2 saturated heterocycles. The van der Waals surface area contributed by atoms with Gasteiger partial charge < -0.3 is 20.2 Å². The standard InChI is InChI=1S/C17H19F2N3O4/c18-12-2-1-3-13(19)15(12)22-9-11(8-14(22)23)20-17(26)21-6-4-10(5-7-21)16(24)25/h1-3,10-11H,4-9H2,(H,20,26)(H,24,25). The molecule has 1 aromatic carbocycles. The maximum absolute atomic E-state index is 13.9. The van der Waals surface area contributed by atoms with E-state index >= 15 is 0 Å². The van der Waals surface area contributed by atoms with Gasteiger partial charge in [0.05, 0.1) is 12.0 Å². The van der Waals surface area contributed by atoms with Gasteiger partial charge in [-0.1, -0.05) is 6.07 Å². The number of likely N-dealkylation sites (tertiary alicyclic amines) is 1. The van der Waals surface area contributed by atoms with E-state index in [1.54, 1.807) is 0 Å². The largest absolute Gasteiger partial charge is 0.481 e. The van der Waals surface area contributed by atoms with Crippen LogP contribution in [0.1, 0.15) is 19.3 Å². The van der Waals surface area contributed by atoms with Crippen molar-refractivity contribution < 1.29 is 28.3 Å². The number of amides is 3. The molecule has 2 N–H and O–H groups in total. The molecule has 0 saturated carbocycles. The van der Waals surface area contributed by atoms with Crippen LogP contribution < -0.4 is 10.2 Å². The number of urea groups is 1. The summed E-state index contributed by atoms with van der Waals surface area (Å²) < 4.78 is 27.8. The zero-order valence-corrected chi connectivity index (χ0v) is 14.0. The first-order valence-electron chi connectivity index (χ1n) is 8.39. The van der Waals surface area contributed by atoms with Gasteiger partial charge in [0.1, 0.15) is 17.3 Å². The van der Waals surface area contributed by atoms with Crippen LogP contribution in [0.5, 0.6) is 0 Å². The van der Waals surface area contributed by atoms with Crippen LogP contribution in [0.4, 0.5) is 19.3 Å². The van der Waals surface area contributed by atoms with Crippen LogP contribution in [-0.4, -0.2) is 53.6 Å². The summed E-state index contributed by atoms with van der Waals surface area (Å²) in [6.45, 7) is 0.609. The number of hydrogen-bond donors (Lipinski definition) is 2. The molecular weight excluding hydrogens is 348 g/mol. The predicted octanol–water partition coefficient (Wildman–Crippen LogP) is 1.58. The molecule has 2 aliphatic heterocycles. The number of benzene rings is 1. The summed E-state index contributed by atoms with van der Waals surface area (Å²) in [4.78, 5) is 37.9. The average Bonchev–Trinajstić information content (AvgIpc) is 2.95. The van der Waals surface area contributed by atoms with Crippen molar-refractivity contribution in [1.82, 2.24) is 10.2 Å². The lowest BCUT2D eigenvalue weighted by Crippen LogP contribution is -2.49. The lowest BCUT2D eigenvalue weighted by Gasteiger charge is -2.31. The molecule has 0 aliphatic carbocycles. The number of carboxylic acid groups (broad SMARTS) is 1. The number of para-hydroxylation sites is 1. The third-order valence-electron chi connectivity index (χ3n) is 4.79. The molecule has 3 rings (SSSR count). The number of carbonyl (C=O) groups is 3. The van der Waals surface area contributed by atoms with E-state index in [0.717, 1.165) is 17.0 Å². The Labute approximate surface area is 148 Å². The van der Waals surface area contributed by atoms with Crippen molar-refractivity contribution in [2.75, 3.05) is 24.5 Å². The van der Waals surface area contributed by atoms with Gasteiger partial charge >= 0.3 is 12.0 Å². The van der Waals surface area contributed by atoms with Crippen molar-refractivity contribution in [2.24, 2.45) is 5.92 Å². The zero-order chi connectivity index (χ0) is 18.8. The van der Waals surface area contributed by atoms with Gasteiger partial charge in [0.15, 0.2) is 0 Å². The number of halogens is 2. The van der Waals surface area contributed by atoms with Crippen molar-refractivity contribution in [2.45, 2.75) is 25.3 Å². The van der Waals surface area contributed by atoms with Gasteiger partial charge in [0, 0.05) is 26.1 Å². The van der Waals surface area contributed by atoms with Gasteiger partial charge in [0.2, 0.25) is 5.91 Å². The number of carbonyl (C=O) groups excluding carboxylic acids is 2. The number of rotatable bonds is 3. The molecule has 140 valence electrons. The Bertz CT molecular complexity index is 714. The Kier molecular flexibility index (Phi) is 5.06. The number of aliphatic carboxylic acids is 1. The SMILES string of the molecule is O=C(O)C1CCN(C(=O)NC2CC(=O)N(c3c(F)cccc3F)C2)CC1. The van der Waals surface area contributed by atoms with Crippen molar-refractivity contribution in [1.29, 1.82) is 0 Å². The number of hydrogen-bond acceptors (Lipinski definition) is 3. The van der Waals surface area contributed by atoms with Crippen molar-refractivity contribution in [3.05, 3.63) is 29.8 Å². The summed E-state index contributed by atoms with van der Waals surface area (Å²) in [5.74, 6) is -3.45. The molecule has 1 aromatic rings. The van der Waals surface area contributed by atoms with Crippen LogP contribution >= 0.6 is 0 Å². The van der Waals surface area contributed by atoms with Crippen molar-refractivity contribution >= 4 is 23.6 Å². The lowest BCUT2D eigenvalue weighted by atomic mass is 9.97. The highest BCUT2D eigenvalue weighted by molar-refractivity contribution is 5.97. The number of piperidine rings is 1. The number of nitrogens with one attached hydrogen (secondary N) is 1. The van der Waals surface area contributed by atoms with Gasteiger partial charge in [-0.15, -0.1) is 0 Å². The first-order chi connectivity index (χ1) is 12.4. The zero-order valence-electron chi connectivity index (χ0n) is 14.0. The third kappa shape index (κ3) is 3.61. The molecule has 0 spiro atoms. The average molecular weight is 367 g/mol. The molecule has 1 unspecified atom stereocenters. The summed E-state index contributed by atoms with van der Waals surface area (Å²) in [7, 11) is 0. The predicted molar refractivity (Wildman–Crippen MR) is 87.6 cm³/mol. The van der Waals surface area contributed by atoms with Crippen LogP contribution in [0.3, 0.4) is 0 Å². The van der Waals surface area contributed by atoms with E-state index in [1.807, 2.05) is 0 Å². The van der Waals surface area contributed by atoms with Crippen molar-refractivity contribution in [3.8, 4) is 0 Å². The molecule has 2 heterocycles. The number of nitrogens with zero attached hydrogens (tertiary/aromatic N) is 2. The van der Waals surface area contributed by atoms with E-state index in [4.69, 9.17) is 5.11 Å². The Balaban J connectivity index is 1.60. The highest BCUT2D eigenvalue weighted by Gasteiger charge is 2.36. The molecule has 9 heteroatoms. The fraction of sp³-hybridized carbons (Fsp3) is 0.471. The Morgan fingerprint density at radius 3 is 2.35 bits per heavy atom. The molecule has 2 fully saturated rings. The van der Waals surface area contributed by atoms with Crippen LogP contribution in [0, 0.1) is 17.6 Å². The monoisotopic (exact) mass is 367 g/mol. The Morgan fingerprint density at radius 2 is 1.77 bits per heavy atom. The minimum Gasteiger partial charge on any atom is -0.481 e. The van der Waals surface area contributed by atoms with E-state index in [1.165, 1.54) is 11.0 Å². The van der Waals surface area contributed by atoms with Crippen LogP contribution in [0.25, 0.3) is 0 Å². The highest BCUT2D eigenvalue weighted by Crippen LogP contribution is 2.27. The second-order valence-electron chi connectivity index (χ2n) is 6.52. The number of anilines is 1. The van der Waals surface area contributed by atoms with Gasteiger partial charge in [-0.05, 0) is 25.0 Å². The van der Waals surface area contributed by atoms with E-state index in [-0.39, 0.29) is 13.0 Å². The molecule has 0 radical (unpaired) electrons. The molecule has 2 aliphatic rings. The van der Waals surface area contributed by atoms with E-state index in [0.29, 0.717) is 25.9 Å². The summed E-state index contributed by atoms with van der Waals surface area (Å²) in [6, 6.07) is 2.40. The van der Waals surface area contributed by atoms with Gasteiger partial charge in [-0.2, -0.15) is 0 Å². The second-order valence-corrected chi connectivity index (χ2v) is 6.52. The van der Waals surface area contributed by atoms with Gasteiger partial charge in [-0.25, -0.2) is 13.6 Å². The van der Waals surface area contributed by atoms with E-state index in [2.05, 4.69) is 5.32 Å². The molecule has 7 nitrogen and oxygen atoms in total. The molecule has 0 aromatic heterocycles. The lowest BCUT2D eigenvalue weighted by molar-refractivity contribution is -0.143. The minimum atomic E-state index is -0.867. The van der Waals surface area contributed by atoms with Crippen LogP contribution in [0.15, 0.2) is 18.2 Å². The molecule has 0 bridgehead atoms. The Hall–Kier alpha value is -2.71. The maximum Gasteiger partial charge on any atom is 0.317 e. The van der Waals surface area contributed by atoms with Crippen LogP contribution in [0.2, 0.25) is 0 Å². The topological polar surface area (TPSA) is 90.0 Å². The van der Waals surface area contributed by atoms with E-state index < -0.39 is 47.2 Å². The molecule has 1 atom stereocenters.